The Kier molecular flexibility index (Phi) is 3.43. The summed E-state index contributed by atoms with van der Waals surface area (Å²) in [5, 5.41) is 3.34. The van der Waals surface area contributed by atoms with Crippen LogP contribution in [0.1, 0.15) is 13.8 Å². The monoisotopic (exact) mass is 266 g/mol. The number of halogens is 1. The van der Waals surface area contributed by atoms with Crippen LogP contribution in [0.3, 0.4) is 0 Å². The number of nitrogens with zero attached hydrogens (tertiary/aromatic N) is 2. The lowest BCUT2D eigenvalue weighted by Crippen LogP contribution is -2.33. The molecule has 96 valence electrons. The van der Waals surface area contributed by atoms with E-state index in [0.29, 0.717) is 10.5 Å². The van der Waals surface area contributed by atoms with Crippen molar-refractivity contribution < 1.29 is 4.79 Å². The van der Waals surface area contributed by atoms with Gasteiger partial charge in [-0.1, -0.05) is 17.7 Å². The number of para-hydroxylation sites is 1. The third-order valence-corrected chi connectivity index (χ3v) is 2.82. The topological polar surface area (TPSA) is 72.9 Å². The number of aromatic nitrogens is 2. The summed E-state index contributed by atoms with van der Waals surface area (Å²) in [6, 6.07) is 5.49. The Morgan fingerprint density at radius 2 is 2.28 bits per heavy atom. The summed E-state index contributed by atoms with van der Waals surface area (Å²) in [6.45, 7) is 3.95. The van der Waals surface area contributed by atoms with Crippen molar-refractivity contribution in [2.24, 2.45) is 0 Å². The normalized spacial score (nSPS) is 11.1. The molecule has 0 aliphatic heterocycles. The van der Waals surface area contributed by atoms with E-state index in [0.717, 1.165) is 5.52 Å². The molecule has 0 bridgehead atoms. The minimum atomic E-state index is -0.101. The largest absolute Gasteiger partial charge is 0.369 e. The van der Waals surface area contributed by atoms with Crippen LogP contribution < -0.4 is 11.1 Å². The number of benzene rings is 1. The molecule has 0 radical (unpaired) electrons. The molecular weight excluding hydrogens is 252 g/mol. The Morgan fingerprint density at radius 1 is 1.56 bits per heavy atom. The molecule has 1 amide bonds. The second-order valence-corrected chi connectivity index (χ2v) is 4.79. The molecule has 1 aromatic heterocycles. The molecular formula is C12H15ClN4O. The highest BCUT2D eigenvalue weighted by molar-refractivity contribution is 6.35. The van der Waals surface area contributed by atoms with Gasteiger partial charge in [0.05, 0.1) is 10.5 Å². The van der Waals surface area contributed by atoms with E-state index in [1.165, 1.54) is 0 Å². The van der Waals surface area contributed by atoms with Crippen molar-refractivity contribution in [3.8, 4) is 0 Å². The zero-order chi connectivity index (χ0) is 13.3. The zero-order valence-electron chi connectivity index (χ0n) is 10.3. The molecule has 0 spiro atoms. The van der Waals surface area contributed by atoms with Crippen LogP contribution in [0.15, 0.2) is 18.2 Å². The van der Waals surface area contributed by atoms with Gasteiger partial charge in [0, 0.05) is 6.04 Å². The van der Waals surface area contributed by atoms with Crippen LogP contribution in [0.2, 0.25) is 5.02 Å². The van der Waals surface area contributed by atoms with E-state index in [4.69, 9.17) is 17.3 Å². The number of imidazole rings is 1. The maximum atomic E-state index is 11.8. The number of fused-ring (bicyclic) bond motifs is 1. The number of nitrogens with two attached hydrogens (primary N) is 1. The molecule has 3 N–H and O–H groups in total. The average molecular weight is 267 g/mol. The first-order valence-corrected chi connectivity index (χ1v) is 6.06. The number of nitrogens with one attached hydrogen (secondary N) is 1. The van der Waals surface area contributed by atoms with E-state index in [1.807, 2.05) is 26.0 Å². The molecule has 0 atom stereocenters. The summed E-state index contributed by atoms with van der Waals surface area (Å²) >= 11 is 6.03. The molecule has 5 nitrogen and oxygen atoms in total. The van der Waals surface area contributed by atoms with Gasteiger partial charge in [-0.15, -0.1) is 0 Å². The lowest BCUT2D eigenvalue weighted by Gasteiger charge is -2.10. The first-order chi connectivity index (χ1) is 8.49. The Labute approximate surface area is 110 Å². The number of anilines is 1. The fraction of sp³-hybridized carbons (Fsp3) is 0.333. The lowest BCUT2D eigenvalue weighted by atomic mass is 10.3. The van der Waals surface area contributed by atoms with Crippen molar-refractivity contribution in [2.45, 2.75) is 26.4 Å². The Hall–Kier alpha value is -1.75. The highest BCUT2D eigenvalue weighted by atomic mass is 35.5. The van der Waals surface area contributed by atoms with Crippen LogP contribution in [0.25, 0.3) is 11.0 Å². The van der Waals surface area contributed by atoms with Crippen LogP contribution >= 0.6 is 11.6 Å². The van der Waals surface area contributed by atoms with Crippen LogP contribution in [0.4, 0.5) is 5.95 Å². The van der Waals surface area contributed by atoms with E-state index < -0.39 is 0 Å². The van der Waals surface area contributed by atoms with Crippen molar-refractivity contribution in [1.82, 2.24) is 14.9 Å². The SMILES string of the molecule is CC(C)NC(=O)Cn1c(N)nc2c(Cl)cccc21. The number of carbonyl (C=O) groups excluding carboxylic acids is 1. The fourth-order valence-electron chi connectivity index (χ4n) is 1.81. The van der Waals surface area contributed by atoms with Gasteiger partial charge in [0.25, 0.3) is 0 Å². The quantitative estimate of drug-likeness (QED) is 0.890. The summed E-state index contributed by atoms with van der Waals surface area (Å²) in [7, 11) is 0. The fourth-order valence-corrected chi connectivity index (χ4v) is 2.02. The maximum Gasteiger partial charge on any atom is 0.240 e. The summed E-state index contributed by atoms with van der Waals surface area (Å²) in [5.74, 6) is 0.188. The summed E-state index contributed by atoms with van der Waals surface area (Å²) < 4.78 is 1.65. The molecule has 2 aromatic rings. The highest BCUT2D eigenvalue weighted by Gasteiger charge is 2.13. The molecule has 0 aliphatic rings. The number of hydrogen-bond donors (Lipinski definition) is 2. The molecule has 6 heteroatoms. The van der Waals surface area contributed by atoms with Crippen molar-refractivity contribution in [3.05, 3.63) is 23.2 Å². The molecule has 18 heavy (non-hydrogen) atoms. The molecule has 0 saturated carbocycles. The maximum absolute atomic E-state index is 11.8. The van der Waals surface area contributed by atoms with Gasteiger partial charge in [0.2, 0.25) is 11.9 Å². The first kappa shape index (κ1) is 12.7. The molecule has 0 aliphatic carbocycles. The number of amides is 1. The van der Waals surface area contributed by atoms with Gasteiger partial charge in [0.1, 0.15) is 12.1 Å². The average Bonchev–Trinajstić information content (AvgIpc) is 2.57. The molecule has 0 fully saturated rings. The molecule has 0 unspecified atom stereocenters. The van der Waals surface area contributed by atoms with Crippen molar-refractivity contribution >= 4 is 34.5 Å². The summed E-state index contributed by atoms with van der Waals surface area (Å²) in [6.07, 6.45) is 0. The van der Waals surface area contributed by atoms with E-state index >= 15 is 0 Å². The molecule has 1 aromatic carbocycles. The third kappa shape index (κ3) is 2.41. The van der Waals surface area contributed by atoms with Crippen molar-refractivity contribution in [3.63, 3.8) is 0 Å². The van der Waals surface area contributed by atoms with Crippen molar-refractivity contribution in [1.29, 1.82) is 0 Å². The van der Waals surface area contributed by atoms with Gasteiger partial charge >= 0.3 is 0 Å². The molecule has 0 saturated heterocycles. The summed E-state index contributed by atoms with van der Waals surface area (Å²) in [5.41, 5.74) is 7.20. The highest BCUT2D eigenvalue weighted by Crippen LogP contribution is 2.24. The van der Waals surface area contributed by atoms with Gasteiger partial charge in [0.15, 0.2) is 0 Å². The second kappa shape index (κ2) is 4.86. The Morgan fingerprint density at radius 3 is 2.94 bits per heavy atom. The first-order valence-electron chi connectivity index (χ1n) is 5.68. The minimum Gasteiger partial charge on any atom is -0.369 e. The standard InChI is InChI=1S/C12H15ClN4O/c1-7(2)15-10(18)6-17-9-5-3-4-8(13)11(9)16-12(17)14/h3-5,7H,6H2,1-2H3,(H2,14,16)(H,15,18). The smallest absolute Gasteiger partial charge is 0.240 e. The van der Waals surface area contributed by atoms with E-state index in [2.05, 4.69) is 10.3 Å². The van der Waals surface area contributed by atoms with Gasteiger partial charge in [-0.2, -0.15) is 0 Å². The van der Waals surface area contributed by atoms with Crippen LogP contribution in [0.5, 0.6) is 0 Å². The minimum absolute atomic E-state index is 0.0945. The second-order valence-electron chi connectivity index (χ2n) is 4.39. The number of rotatable bonds is 3. The van der Waals surface area contributed by atoms with Crippen LogP contribution in [0, 0.1) is 0 Å². The lowest BCUT2D eigenvalue weighted by molar-refractivity contribution is -0.122. The van der Waals surface area contributed by atoms with E-state index in [-0.39, 0.29) is 24.4 Å². The van der Waals surface area contributed by atoms with Gasteiger partial charge in [-0.05, 0) is 26.0 Å². The van der Waals surface area contributed by atoms with E-state index in [1.54, 1.807) is 10.6 Å². The van der Waals surface area contributed by atoms with Crippen molar-refractivity contribution in [2.75, 3.05) is 5.73 Å². The van der Waals surface area contributed by atoms with E-state index in [9.17, 15) is 4.79 Å². The third-order valence-electron chi connectivity index (χ3n) is 2.51. The number of nitrogen functional groups attached to an aromatic ring is 1. The van der Waals surface area contributed by atoms with Gasteiger partial charge < -0.3 is 15.6 Å². The predicted molar refractivity (Wildman–Crippen MR) is 72.4 cm³/mol. The molecule has 1 heterocycles. The zero-order valence-corrected chi connectivity index (χ0v) is 11.0. The Bertz CT molecular complexity index is 591. The molecule has 2 rings (SSSR count). The predicted octanol–water partition coefficient (Wildman–Crippen LogP) is 1.80. The number of hydrogen-bond acceptors (Lipinski definition) is 3. The summed E-state index contributed by atoms with van der Waals surface area (Å²) in [4.78, 5) is 15.9. The van der Waals surface area contributed by atoms with Crippen LogP contribution in [-0.4, -0.2) is 21.5 Å². The Balaban J connectivity index is 2.36. The van der Waals surface area contributed by atoms with Gasteiger partial charge in [-0.3, -0.25) is 4.79 Å². The number of carbonyl (C=O) groups is 1. The van der Waals surface area contributed by atoms with Crippen LogP contribution in [-0.2, 0) is 11.3 Å². The van der Waals surface area contributed by atoms with Gasteiger partial charge in [-0.25, -0.2) is 4.98 Å².